The first-order valence-corrected chi connectivity index (χ1v) is 6.10. The molecule has 0 bridgehead atoms. The largest absolute Gasteiger partial charge is 0.366 e. The number of fused-ring (bicyclic) bond motifs is 1. The molecule has 96 valence electrons. The van der Waals surface area contributed by atoms with Gasteiger partial charge in [-0.2, -0.15) is 9.50 Å². The zero-order chi connectivity index (χ0) is 13.2. The summed E-state index contributed by atoms with van der Waals surface area (Å²) in [7, 11) is 2.03. The van der Waals surface area contributed by atoms with Gasteiger partial charge in [-0.25, -0.2) is 0 Å². The third kappa shape index (κ3) is 2.22. The molecule has 2 aromatic heterocycles. The average Bonchev–Trinajstić information content (AvgIpc) is 2.79. The van der Waals surface area contributed by atoms with Crippen LogP contribution in [0.2, 0.25) is 0 Å². The van der Waals surface area contributed by atoms with Crippen LogP contribution in [0.5, 0.6) is 0 Å². The third-order valence-electron chi connectivity index (χ3n) is 3.01. The number of pyridine rings is 1. The summed E-state index contributed by atoms with van der Waals surface area (Å²) in [6, 6.07) is 16.2. The molecule has 2 N–H and O–H groups in total. The van der Waals surface area contributed by atoms with E-state index in [2.05, 4.69) is 27.1 Å². The average molecular weight is 253 g/mol. The number of nitrogens with two attached hydrogens (primary N) is 1. The van der Waals surface area contributed by atoms with E-state index in [0.717, 1.165) is 18.0 Å². The normalized spacial score (nSPS) is 10.8. The van der Waals surface area contributed by atoms with Crippen LogP contribution < -0.4 is 10.6 Å². The number of hydrogen-bond acceptors (Lipinski definition) is 4. The molecule has 0 aliphatic heterocycles. The zero-order valence-corrected chi connectivity index (χ0v) is 10.7. The number of rotatable bonds is 3. The third-order valence-corrected chi connectivity index (χ3v) is 3.01. The van der Waals surface area contributed by atoms with Gasteiger partial charge in [0.05, 0.1) is 0 Å². The maximum Gasteiger partial charge on any atom is 0.240 e. The van der Waals surface area contributed by atoms with Crippen molar-refractivity contribution < 1.29 is 0 Å². The molecule has 1 aromatic carbocycles. The molecular weight excluding hydrogens is 238 g/mol. The molecule has 0 atom stereocenters. The minimum absolute atomic E-state index is 0.292. The van der Waals surface area contributed by atoms with E-state index >= 15 is 0 Å². The van der Waals surface area contributed by atoms with Crippen molar-refractivity contribution in [3.8, 4) is 0 Å². The van der Waals surface area contributed by atoms with Crippen molar-refractivity contribution >= 4 is 17.4 Å². The Morgan fingerprint density at radius 1 is 1.11 bits per heavy atom. The molecule has 5 nitrogen and oxygen atoms in total. The van der Waals surface area contributed by atoms with E-state index in [1.165, 1.54) is 5.56 Å². The number of nitrogen functional groups attached to an aromatic ring is 1. The summed E-state index contributed by atoms with van der Waals surface area (Å²) in [5.41, 5.74) is 7.66. The highest BCUT2D eigenvalue weighted by Gasteiger charge is 2.09. The van der Waals surface area contributed by atoms with Crippen molar-refractivity contribution in [1.82, 2.24) is 14.6 Å². The summed E-state index contributed by atoms with van der Waals surface area (Å²) in [4.78, 5) is 6.29. The summed E-state index contributed by atoms with van der Waals surface area (Å²) in [5.74, 6) is 1.26. The van der Waals surface area contributed by atoms with E-state index in [9.17, 15) is 0 Å². The molecule has 0 saturated carbocycles. The molecule has 0 fully saturated rings. The van der Waals surface area contributed by atoms with E-state index in [1.54, 1.807) is 4.52 Å². The minimum atomic E-state index is 0.292. The lowest BCUT2D eigenvalue weighted by molar-refractivity contribution is 0.843. The molecule has 0 radical (unpaired) electrons. The lowest BCUT2D eigenvalue weighted by Gasteiger charge is -2.19. The summed E-state index contributed by atoms with van der Waals surface area (Å²) in [6.07, 6.45) is 0. The summed E-state index contributed by atoms with van der Waals surface area (Å²) in [5, 5.41) is 4.22. The highest BCUT2D eigenvalue weighted by atomic mass is 15.4. The Morgan fingerprint density at radius 3 is 2.68 bits per heavy atom. The smallest absolute Gasteiger partial charge is 0.240 e. The van der Waals surface area contributed by atoms with Crippen LogP contribution >= 0.6 is 0 Å². The second-order valence-corrected chi connectivity index (χ2v) is 4.47. The number of aromatic nitrogens is 3. The zero-order valence-electron chi connectivity index (χ0n) is 10.7. The van der Waals surface area contributed by atoms with Crippen LogP contribution in [0.1, 0.15) is 5.56 Å². The van der Waals surface area contributed by atoms with Crippen molar-refractivity contribution in [3.63, 3.8) is 0 Å². The van der Waals surface area contributed by atoms with Crippen LogP contribution in [0.25, 0.3) is 5.65 Å². The van der Waals surface area contributed by atoms with Gasteiger partial charge in [0.1, 0.15) is 5.82 Å². The number of anilines is 2. The van der Waals surface area contributed by atoms with Gasteiger partial charge in [0.2, 0.25) is 5.95 Å². The summed E-state index contributed by atoms with van der Waals surface area (Å²) >= 11 is 0. The van der Waals surface area contributed by atoms with Crippen LogP contribution in [-0.2, 0) is 6.54 Å². The van der Waals surface area contributed by atoms with Gasteiger partial charge < -0.3 is 10.6 Å². The Hall–Kier alpha value is -2.56. The van der Waals surface area contributed by atoms with Crippen LogP contribution in [0.3, 0.4) is 0 Å². The standard InChI is InChI=1S/C14H15N5/c1-18(10-11-6-3-2-4-7-11)13-9-5-8-12-16-14(15)17-19(12)13/h2-9H,10H2,1H3,(H2,15,17). The van der Waals surface area contributed by atoms with E-state index < -0.39 is 0 Å². The lowest BCUT2D eigenvalue weighted by Crippen LogP contribution is -2.19. The number of hydrogen-bond donors (Lipinski definition) is 1. The van der Waals surface area contributed by atoms with Gasteiger partial charge in [0.25, 0.3) is 0 Å². The molecule has 0 amide bonds. The molecule has 2 heterocycles. The van der Waals surface area contributed by atoms with Gasteiger partial charge in [-0.05, 0) is 17.7 Å². The van der Waals surface area contributed by atoms with Crippen molar-refractivity contribution in [1.29, 1.82) is 0 Å². The molecule has 0 saturated heterocycles. The Bertz CT molecular complexity index is 689. The molecule has 5 heteroatoms. The molecule has 19 heavy (non-hydrogen) atoms. The van der Waals surface area contributed by atoms with Crippen LogP contribution in [0, 0.1) is 0 Å². The van der Waals surface area contributed by atoms with E-state index in [1.807, 2.05) is 43.4 Å². The second-order valence-electron chi connectivity index (χ2n) is 4.47. The fraction of sp³-hybridized carbons (Fsp3) is 0.143. The van der Waals surface area contributed by atoms with Crippen LogP contribution in [0.15, 0.2) is 48.5 Å². The summed E-state index contributed by atoms with van der Waals surface area (Å²) in [6.45, 7) is 0.805. The molecule has 0 aliphatic carbocycles. The monoisotopic (exact) mass is 253 g/mol. The fourth-order valence-corrected chi connectivity index (χ4v) is 2.14. The van der Waals surface area contributed by atoms with E-state index in [0.29, 0.717) is 5.95 Å². The van der Waals surface area contributed by atoms with Crippen molar-refractivity contribution in [2.75, 3.05) is 17.7 Å². The first kappa shape index (κ1) is 11.5. The molecule has 0 unspecified atom stereocenters. The van der Waals surface area contributed by atoms with Gasteiger partial charge >= 0.3 is 0 Å². The Labute approximate surface area is 111 Å². The van der Waals surface area contributed by atoms with Gasteiger partial charge in [-0.1, -0.05) is 36.4 Å². The van der Waals surface area contributed by atoms with Gasteiger partial charge in [-0.3, -0.25) is 0 Å². The number of nitrogens with zero attached hydrogens (tertiary/aromatic N) is 4. The second kappa shape index (κ2) is 4.61. The SMILES string of the molecule is CN(Cc1ccccc1)c1cccc2nc(N)nn12. The van der Waals surface area contributed by atoms with Crippen molar-refractivity contribution in [2.45, 2.75) is 6.54 Å². The predicted octanol–water partition coefficient (Wildman–Crippen LogP) is 1.95. The first-order chi connectivity index (χ1) is 9.24. The maximum absolute atomic E-state index is 5.65. The first-order valence-electron chi connectivity index (χ1n) is 6.10. The minimum Gasteiger partial charge on any atom is -0.366 e. The van der Waals surface area contributed by atoms with Gasteiger partial charge in [0.15, 0.2) is 5.65 Å². The fourth-order valence-electron chi connectivity index (χ4n) is 2.14. The molecule has 0 spiro atoms. The van der Waals surface area contributed by atoms with E-state index in [4.69, 9.17) is 5.73 Å². The van der Waals surface area contributed by atoms with Gasteiger partial charge in [0, 0.05) is 13.6 Å². The molecule has 3 rings (SSSR count). The van der Waals surface area contributed by atoms with Gasteiger partial charge in [-0.15, -0.1) is 5.10 Å². The van der Waals surface area contributed by atoms with E-state index in [-0.39, 0.29) is 0 Å². The maximum atomic E-state index is 5.65. The molecule has 3 aromatic rings. The Kier molecular flexibility index (Phi) is 2.79. The lowest BCUT2D eigenvalue weighted by atomic mass is 10.2. The van der Waals surface area contributed by atoms with Crippen molar-refractivity contribution in [2.24, 2.45) is 0 Å². The van der Waals surface area contributed by atoms with Crippen LogP contribution in [0.4, 0.5) is 11.8 Å². The highest BCUT2D eigenvalue weighted by Crippen LogP contribution is 2.17. The quantitative estimate of drug-likeness (QED) is 0.775. The van der Waals surface area contributed by atoms with Crippen LogP contribution in [-0.4, -0.2) is 21.6 Å². The summed E-state index contributed by atoms with van der Waals surface area (Å²) < 4.78 is 1.76. The Morgan fingerprint density at radius 2 is 1.89 bits per heavy atom. The molecule has 0 aliphatic rings. The highest BCUT2D eigenvalue weighted by molar-refractivity contribution is 5.52. The van der Waals surface area contributed by atoms with Crippen molar-refractivity contribution in [3.05, 3.63) is 54.1 Å². The Balaban J connectivity index is 1.95. The topological polar surface area (TPSA) is 59.5 Å². The number of benzene rings is 1. The predicted molar refractivity (Wildman–Crippen MR) is 75.9 cm³/mol. The molecular formula is C14H15N5.